The van der Waals surface area contributed by atoms with E-state index in [4.69, 9.17) is 0 Å². The molecule has 0 rings (SSSR count). The van der Waals surface area contributed by atoms with Crippen LogP contribution in [0.4, 0.5) is 0 Å². The molecule has 0 saturated heterocycles. The van der Waals surface area contributed by atoms with Gasteiger partial charge in [0.25, 0.3) is 0 Å². The van der Waals surface area contributed by atoms with Crippen LogP contribution in [0, 0.1) is 0 Å². The molecule has 7 heavy (non-hydrogen) atoms. The third kappa shape index (κ3) is 10.8. The summed E-state index contributed by atoms with van der Waals surface area (Å²) in [6.07, 6.45) is 5.54. The fraction of sp³-hybridized carbons (Fsp3) is 1.00. The van der Waals surface area contributed by atoms with Crippen molar-refractivity contribution in [2.75, 3.05) is 0 Å². The van der Waals surface area contributed by atoms with Crippen LogP contribution < -0.4 is 18.9 Å². The van der Waals surface area contributed by atoms with Crippen LogP contribution in [0.15, 0.2) is 0 Å². The first-order valence-corrected chi connectivity index (χ1v) is 2.91. The van der Waals surface area contributed by atoms with Crippen LogP contribution in [0.2, 0.25) is 0 Å². The number of rotatable bonds is 3. The molecule has 0 atom stereocenters. The zero-order chi connectivity index (χ0) is 4.83. The Bertz CT molecular complexity index is 16.1. The van der Waals surface area contributed by atoms with Crippen molar-refractivity contribution in [2.45, 2.75) is 39.5 Å². The van der Waals surface area contributed by atoms with Crippen LogP contribution in [-0.2, 0) is 0 Å². The van der Waals surface area contributed by atoms with Gasteiger partial charge in [-0.25, -0.2) is 0 Å². The zero-order valence-electron chi connectivity index (χ0n) is 5.83. The molecule has 0 N–H and O–H groups in total. The summed E-state index contributed by atoms with van der Waals surface area (Å²) in [6.45, 7) is 4.46. The maximum absolute atomic E-state index is 2.23. The van der Waals surface area contributed by atoms with E-state index in [9.17, 15) is 0 Å². The summed E-state index contributed by atoms with van der Waals surface area (Å²) in [6, 6.07) is 0. The number of hydrogen-bond donors (Lipinski definition) is 0. The topological polar surface area (TPSA) is 0 Å². The minimum Gasteiger partial charge on any atom is -0.0654 e. The van der Waals surface area contributed by atoms with E-state index in [-0.39, 0.29) is 18.9 Å². The fourth-order valence-corrected chi connectivity index (χ4v) is 0.500. The second-order valence-electron chi connectivity index (χ2n) is 1.71. The SMILES string of the molecule is CCCCCC.[Li+]. The third-order valence-electron chi connectivity index (χ3n) is 0.957. The van der Waals surface area contributed by atoms with Crippen molar-refractivity contribution in [3.63, 3.8) is 0 Å². The second-order valence-corrected chi connectivity index (χ2v) is 1.71. The molecular weight excluding hydrogens is 79.0 g/mol. The first-order valence-electron chi connectivity index (χ1n) is 2.91. The van der Waals surface area contributed by atoms with Crippen LogP contribution in [0.1, 0.15) is 39.5 Å². The largest absolute Gasteiger partial charge is 1.00 e. The molecule has 0 aliphatic heterocycles. The predicted molar refractivity (Wildman–Crippen MR) is 29.8 cm³/mol. The van der Waals surface area contributed by atoms with Gasteiger partial charge < -0.3 is 0 Å². The van der Waals surface area contributed by atoms with Crippen molar-refractivity contribution >= 4 is 0 Å². The van der Waals surface area contributed by atoms with E-state index in [1.165, 1.54) is 25.7 Å². The van der Waals surface area contributed by atoms with E-state index in [1.807, 2.05) is 0 Å². The van der Waals surface area contributed by atoms with Gasteiger partial charge in [0.2, 0.25) is 0 Å². The van der Waals surface area contributed by atoms with E-state index in [0.29, 0.717) is 0 Å². The number of hydrogen-bond acceptors (Lipinski definition) is 0. The van der Waals surface area contributed by atoms with Crippen LogP contribution in [0.5, 0.6) is 0 Å². The zero-order valence-corrected chi connectivity index (χ0v) is 5.83. The summed E-state index contributed by atoms with van der Waals surface area (Å²) in [5.74, 6) is 0. The average molecular weight is 93.1 g/mol. The predicted octanol–water partition coefficient (Wildman–Crippen LogP) is -0.409. The molecule has 0 amide bonds. The summed E-state index contributed by atoms with van der Waals surface area (Å²) in [5.41, 5.74) is 0. The Morgan fingerprint density at radius 2 is 1.14 bits per heavy atom. The van der Waals surface area contributed by atoms with Crippen molar-refractivity contribution in [3.05, 3.63) is 0 Å². The molecule has 0 aromatic rings. The molecular formula is C6H14Li+. The van der Waals surface area contributed by atoms with Gasteiger partial charge in [-0.05, 0) is 0 Å². The average Bonchev–Trinajstić information content (AvgIpc) is 1.61. The Morgan fingerprint density at radius 3 is 1.29 bits per heavy atom. The first-order chi connectivity index (χ1) is 2.91. The maximum atomic E-state index is 2.23. The van der Waals surface area contributed by atoms with Crippen molar-refractivity contribution in [2.24, 2.45) is 0 Å². The molecule has 0 radical (unpaired) electrons. The molecule has 0 fully saturated rings. The van der Waals surface area contributed by atoms with E-state index in [0.717, 1.165) is 0 Å². The third-order valence-corrected chi connectivity index (χ3v) is 0.957. The first kappa shape index (κ1) is 10.6. The van der Waals surface area contributed by atoms with Gasteiger partial charge in [0.15, 0.2) is 0 Å². The van der Waals surface area contributed by atoms with Crippen molar-refractivity contribution in [1.29, 1.82) is 0 Å². The standard InChI is InChI=1S/C6H14.Li/c1-3-5-6-4-2;/h3-6H2,1-2H3;/q;+1. The Morgan fingerprint density at radius 1 is 0.857 bits per heavy atom. The summed E-state index contributed by atoms with van der Waals surface area (Å²) in [5, 5.41) is 0. The van der Waals surface area contributed by atoms with E-state index in [1.54, 1.807) is 0 Å². The van der Waals surface area contributed by atoms with Crippen molar-refractivity contribution in [1.82, 2.24) is 0 Å². The summed E-state index contributed by atoms with van der Waals surface area (Å²) < 4.78 is 0. The van der Waals surface area contributed by atoms with Gasteiger partial charge in [0.1, 0.15) is 0 Å². The Hall–Kier alpha value is 0.597. The normalized spacial score (nSPS) is 7.71. The number of unbranched alkanes of at least 4 members (excludes halogenated alkanes) is 3. The van der Waals surface area contributed by atoms with Gasteiger partial charge in [0.05, 0.1) is 0 Å². The Balaban J connectivity index is 0. The minimum atomic E-state index is 0. The van der Waals surface area contributed by atoms with Gasteiger partial charge in [-0.2, -0.15) is 0 Å². The summed E-state index contributed by atoms with van der Waals surface area (Å²) >= 11 is 0. The summed E-state index contributed by atoms with van der Waals surface area (Å²) in [4.78, 5) is 0. The van der Waals surface area contributed by atoms with Gasteiger partial charge in [0, 0.05) is 0 Å². The molecule has 0 nitrogen and oxygen atoms in total. The monoisotopic (exact) mass is 93.1 g/mol. The maximum Gasteiger partial charge on any atom is 1.00 e. The van der Waals surface area contributed by atoms with E-state index >= 15 is 0 Å². The van der Waals surface area contributed by atoms with Gasteiger partial charge in [-0.15, -0.1) is 0 Å². The molecule has 38 valence electrons. The smallest absolute Gasteiger partial charge is 0.0654 e. The molecule has 0 aliphatic rings. The quantitative estimate of drug-likeness (QED) is 0.329. The van der Waals surface area contributed by atoms with Gasteiger partial charge in [-0.1, -0.05) is 39.5 Å². The van der Waals surface area contributed by atoms with Crippen LogP contribution >= 0.6 is 0 Å². The molecule has 0 aliphatic carbocycles. The van der Waals surface area contributed by atoms with Crippen molar-refractivity contribution < 1.29 is 18.9 Å². The van der Waals surface area contributed by atoms with Crippen LogP contribution in [-0.4, -0.2) is 0 Å². The molecule has 0 aromatic carbocycles. The van der Waals surface area contributed by atoms with E-state index < -0.39 is 0 Å². The second kappa shape index (κ2) is 9.78. The molecule has 1 heteroatoms. The van der Waals surface area contributed by atoms with Crippen molar-refractivity contribution in [3.8, 4) is 0 Å². The molecule has 0 bridgehead atoms. The minimum absolute atomic E-state index is 0. The fourth-order valence-electron chi connectivity index (χ4n) is 0.500. The summed E-state index contributed by atoms with van der Waals surface area (Å²) in [7, 11) is 0. The molecule has 0 aromatic heterocycles. The molecule has 0 unspecified atom stereocenters. The van der Waals surface area contributed by atoms with Crippen LogP contribution in [0.25, 0.3) is 0 Å². The van der Waals surface area contributed by atoms with Gasteiger partial charge in [-0.3, -0.25) is 0 Å². The van der Waals surface area contributed by atoms with E-state index in [2.05, 4.69) is 13.8 Å². The molecule has 0 spiro atoms. The van der Waals surface area contributed by atoms with Crippen LogP contribution in [0.3, 0.4) is 0 Å². The Kier molecular flexibility index (Phi) is 14.7. The Labute approximate surface area is 58.9 Å². The molecule has 0 saturated carbocycles. The molecule has 0 heterocycles. The van der Waals surface area contributed by atoms with Gasteiger partial charge >= 0.3 is 18.9 Å².